The van der Waals surface area contributed by atoms with Crippen LogP contribution in [0.5, 0.6) is 0 Å². The van der Waals surface area contributed by atoms with E-state index in [-0.39, 0.29) is 5.54 Å². The summed E-state index contributed by atoms with van der Waals surface area (Å²) < 4.78 is 8.41. The molecule has 0 heterocycles. The van der Waals surface area contributed by atoms with Gasteiger partial charge in [-0.3, -0.25) is 0 Å². The second-order valence-electron chi connectivity index (χ2n) is 4.24. The average Bonchev–Trinajstić information content (AvgIpc) is 1.79. The van der Waals surface area contributed by atoms with Crippen LogP contribution < -0.4 is 3.88 Å². The quantitative estimate of drug-likeness (QED) is 0.820. The summed E-state index contributed by atoms with van der Waals surface area (Å²) in [6.45, 7) is 6.67. The Labute approximate surface area is 83.6 Å². The van der Waals surface area contributed by atoms with Gasteiger partial charge >= 0.3 is 83.4 Å². The molecule has 0 aliphatic rings. The molecule has 4 heteroatoms. The topological polar surface area (TPSA) is 18.5 Å². The molecule has 0 fully saturated rings. The normalized spacial score (nSPS) is 13.5. The molecule has 0 radical (unpaired) electrons. The van der Waals surface area contributed by atoms with Gasteiger partial charge in [0.25, 0.3) is 0 Å². The van der Waals surface area contributed by atoms with Crippen molar-refractivity contribution in [1.29, 1.82) is 0 Å². The number of nitrogens with zero attached hydrogens (tertiary/aromatic N) is 2. The Balaban J connectivity index is 4.15. The molecular weight excluding hydrogens is 322 g/mol. The van der Waals surface area contributed by atoms with Crippen LogP contribution in [0, 0.1) is 0 Å². The van der Waals surface area contributed by atoms with Gasteiger partial charge in [-0.15, -0.1) is 0 Å². The molecule has 0 unspecified atom stereocenters. The molecule has 0 aromatic carbocycles. The molecule has 0 atom stereocenters. The van der Waals surface area contributed by atoms with Gasteiger partial charge in [0.2, 0.25) is 0 Å². The summed E-state index contributed by atoms with van der Waals surface area (Å²) in [7, 11) is 8.64. The standard InChI is InChI=1S/C4H10N.2C2H6N.W/c1-4(2,3)5;2*1-3-2;/h5H,1-3H3;2*1-2H3;/q3*-1;+3. The van der Waals surface area contributed by atoms with Gasteiger partial charge < -0.3 is 0 Å². The van der Waals surface area contributed by atoms with Crippen LogP contribution in [-0.4, -0.2) is 40.6 Å². The van der Waals surface area contributed by atoms with Crippen LogP contribution in [0.15, 0.2) is 0 Å². The van der Waals surface area contributed by atoms with Crippen molar-refractivity contribution in [3.63, 3.8) is 0 Å². The maximum absolute atomic E-state index is 3.70. The molecule has 0 amide bonds. The van der Waals surface area contributed by atoms with Crippen molar-refractivity contribution >= 4 is 0 Å². The van der Waals surface area contributed by atoms with Gasteiger partial charge in [-0.05, 0) is 0 Å². The molecule has 0 aliphatic heterocycles. The Hall–Kier alpha value is 0.568. The summed E-state index contributed by atoms with van der Waals surface area (Å²) in [6, 6.07) is 0. The molecule has 3 nitrogen and oxygen atoms in total. The molecule has 0 bridgehead atoms. The minimum atomic E-state index is -1.64. The fraction of sp³-hybridized carbons (Fsp3) is 1.00. The Morgan fingerprint density at radius 1 is 0.917 bits per heavy atom. The van der Waals surface area contributed by atoms with E-state index in [9.17, 15) is 0 Å². The molecular formula is C8H22N3W. The van der Waals surface area contributed by atoms with E-state index in [0.717, 1.165) is 0 Å². The van der Waals surface area contributed by atoms with Crippen LogP contribution in [0.25, 0.3) is 0 Å². The van der Waals surface area contributed by atoms with Gasteiger partial charge in [0.05, 0.1) is 0 Å². The van der Waals surface area contributed by atoms with Gasteiger partial charge in [0.15, 0.2) is 0 Å². The molecule has 0 saturated carbocycles. The van der Waals surface area contributed by atoms with E-state index in [4.69, 9.17) is 0 Å². The second kappa shape index (κ2) is 4.71. The zero-order valence-electron chi connectivity index (χ0n) is 9.30. The van der Waals surface area contributed by atoms with Crippen molar-refractivity contribution in [2.24, 2.45) is 0 Å². The molecule has 0 aliphatic carbocycles. The summed E-state index contributed by atoms with van der Waals surface area (Å²) in [4.78, 5) is 0. The first-order chi connectivity index (χ1) is 5.24. The molecule has 75 valence electrons. The maximum atomic E-state index is 3.70. The van der Waals surface area contributed by atoms with Gasteiger partial charge in [0.1, 0.15) is 0 Å². The molecule has 0 aromatic rings. The van der Waals surface area contributed by atoms with Crippen LogP contribution in [-0.2, 0) is 18.1 Å². The van der Waals surface area contributed by atoms with Crippen LogP contribution in [0.1, 0.15) is 20.8 Å². The van der Waals surface area contributed by atoms with Gasteiger partial charge in [-0.2, -0.15) is 0 Å². The second-order valence-corrected chi connectivity index (χ2v) is 12.1. The Kier molecular flexibility index (Phi) is 4.93. The summed E-state index contributed by atoms with van der Waals surface area (Å²) in [5.74, 6) is 0. The summed E-state index contributed by atoms with van der Waals surface area (Å²) >= 11 is -1.64. The third-order valence-corrected chi connectivity index (χ3v) is 8.92. The van der Waals surface area contributed by atoms with Crippen molar-refractivity contribution < 1.29 is 18.1 Å². The SMILES string of the molecule is C[N](C)[W]([NH]C(C)(C)C)[N](C)C. The number of nitrogens with one attached hydrogen (secondary N) is 1. The van der Waals surface area contributed by atoms with Crippen LogP contribution in [0.4, 0.5) is 0 Å². The predicted molar refractivity (Wildman–Crippen MR) is 50.3 cm³/mol. The Morgan fingerprint density at radius 2 is 1.25 bits per heavy atom. The molecule has 1 N–H and O–H groups in total. The van der Waals surface area contributed by atoms with Crippen molar-refractivity contribution in [2.45, 2.75) is 26.3 Å². The van der Waals surface area contributed by atoms with Crippen molar-refractivity contribution in [3.05, 3.63) is 0 Å². The summed E-state index contributed by atoms with van der Waals surface area (Å²) in [5, 5.41) is 0. The van der Waals surface area contributed by atoms with Crippen molar-refractivity contribution in [3.8, 4) is 0 Å². The molecule has 0 rings (SSSR count). The van der Waals surface area contributed by atoms with E-state index < -0.39 is 18.1 Å². The van der Waals surface area contributed by atoms with Crippen molar-refractivity contribution in [1.82, 2.24) is 10.8 Å². The molecule has 0 saturated heterocycles. The Morgan fingerprint density at radius 3 is 1.33 bits per heavy atom. The average molecular weight is 344 g/mol. The molecule has 12 heavy (non-hydrogen) atoms. The Bertz CT molecular complexity index is 121. The van der Waals surface area contributed by atoms with E-state index in [1.807, 2.05) is 0 Å². The van der Waals surface area contributed by atoms with Crippen LogP contribution in [0.3, 0.4) is 0 Å². The number of hydrogen-bond donors (Lipinski definition) is 1. The molecule has 0 spiro atoms. The van der Waals surface area contributed by atoms with Gasteiger partial charge in [-0.1, -0.05) is 0 Å². The third kappa shape index (κ3) is 5.26. The van der Waals surface area contributed by atoms with Crippen LogP contribution in [0.2, 0.25) is 0 Å². The van der Waals surface area contributed by atoms with E-state index in [2.05, 4.69) is 59.8 Å². The fourth-order valence-electron chi connectivity index (χ4n) is 0.783. The van der Waals surface area contributed by atoms with E-state index in [0.29, 0.717) is 0 Å². The zero-order chi connectivity index (χ0) is 9.94. The zero-order valence-corrected chi connectivity index (χ0v) is 12.2. The predicted octanol–water partition coefficient (Wildman–Crippen LogP) is 0.861. The number of rotatable bonds is 3. The fourth-order valence-corrected chi connectivity index (χ4v) is 6.41. The van der Waals surface area contributed by atoms with Crippen LogP contribution >= 0.6 is 0 Å². The first-order valence-electron chi connectivity index (χ1n) is 4.11. The van der Waals surface area contributed by atoms with Crippen molar-refractivity contribution in [2.75, 3.05) is 28.2 Å². The first kappa shape index (κ1) is 12.6. The minimum absolute atomic E-state index is 0.238. The van der Waals surface area contributed by atoms with E-state index >= 15 is 0 Å². The van der Waals surface area contributed by atoms with Gasteiger partial charge in [-0.25, -0.2) is 0 Å². The monoisotopic (exact) mass is 344 g/mol. The summed E-state index contributed by atoms with van der Waals surface area (Å²) in [5.41, 5.74) is 0.238. The molecule has 0 aromatic heterocycles. The van der Waals surface area contributed by atoms with Gasteiger partial charge in [0, 0.05) is 0 Å². The number of hydrogen-bond acceptors (Lipinski definition) is 3. The summed E-state index contributed by atoms with van der Waals surface area (Å²) in [6.07, 6.45) is 0. The third-order valence-electron chi connectivity index (χ3n) is 1.09. The first-order valence-corrected chi connectivity index (χ1v) is 8.20. The van der Waals surface area contributed by atoms with E-state index in [1.165, 1.54) is 0 Å². The van der Waals surface area contributed by atoms with E-state index in [1.54, 1.807) is 0 Å².